The van der Waals surface area contributed by atoms with Crippen molar-refractivity contribution in [2.45, 2.75) is 6.92 Å². The number of nitrogens with one attached hydrogen (secondary N) is 1. The van der Waals surface area contributed by atoms with Crippen LogP contribution in [0.2, 0.25) is 0 Å². The summed E-state index contributed by atoms with van der Waals surface area (Å²) >= 11 is 0. The normalized spacial score (nSPS) is 10.5. The van der Waals surface area contributed by atoms with Crippen molar-refractivity contribution in [2.24, 2.45) is 0 Å². The van der Waals surface area contributed by atoms with Gasteiger partial charge in [-0.1, -0.05) is 12.1 Å². The zero-order chi connectivity index (χ0) is 13.4. The third kappa shape index (κ3) is 1.81. The molecule has 0 aliphatic carbocycles. The van der Waals surface area contributed by atoms with Gasteiger partial charge in [-0.25, -0.2) is 0 Å². The fourth-order valence-electron chi connectivity index (χ4n) is 2.15. The van der Waals surface area contributed by atoms with Gasteiger partial charge in [0.2, 0.25) is 0 Å². The smallest absolute Gasteiger partial charge is 0.266 e. The Kier molecular flexibility index (Phi) is 2.46. The predicted molar refractivity (Wildman–Crippen MR) is 71.7 cm³/mol. The molecule has 2 aromatic heterocycles. The van der Waals surface area contributed by atoms with Gasteiger partial charge in [-0.2, -0.15) is 5.26 Å². The summed E-state index contributed by atoms with van der Waals surface area (Å²) in [4.78, 5) is 14.4. The topological polar surface area (TPSA) is 69.8 Å². The predicted octanol–water partition coefficient (Wildman–Crippen LogP) is 2.97. The zero-order valence-corrected chi connectivity index (χ0v) is 10.2. The van der Waals surface area contributed by atoms with Crippen molar-refractivity contribution < 1.29 is 4.42 Å². The lowest BCUT2D eigenvalue weighted by Gasteiger charge is -2.05. The van der Waals surface area contributed by atoms with Gasteiger partial charge in [0.1, 0.15) is 17.2 Å². The minimum atomic E-state index is -0.364. The maximum absolute atomic E-state index is 11.8. The lowest BCUT2D eigenvalue weighted by atomic mass is 10.0. The van der Waals surface area contributed by atoms with Crippen molar-refractivity contribution in [3.63, 3.8) is 0 Å². The average molecular weight is 250 g/mol. The Morgan fingerprint density at radius 2 is 2.11 bits per heavy atom. The van der Waals surface area contributed by atoms with Crippen LogP contribution < -0.4 is 5.56 Å². The molecule has 0 unspecified atom stereocenters. The van der Waals surface area contributed by atoms with Crippen LogP contribution in [-0.2, 0) is 0 Å². The number of furan rings is 1. The molecule has 4 nitrogen and oxygen atoms in total. The number of benzene rings is 1. The zero-order valence-electron chi connectivity index (χ0n) is 10.2. The number of nitriles is 1. The summed E-state index contributed by atoms with van der Waals surface area (Å²) in [5.74, 6) is 0. The second-order valence-electron chi connectivity index (χ2n) is 4.36. The molecule has 19 heavy (non-hydrogen) atoms. The first-order chi connectivity index (χ1) is 9.19. The summed E-state index contributed by atoms with van der Waals surface area (Å²) in [5, 5.41) is 10.1. The highest BCUT2D eigenvalue weighted by atomic mass is 16.3. The van der Waals surface area contributed by atoms with Gasteiger partial charge in [0, 0.05) is 16.6 Å². The molecule has 0 aliphatic heterocycles. The van der Waals surface area contributed by atoms with E-state index in [9.17, 15) is 4.79 Å². The number of hydrogen-bond donors (Lipinski definition) is 1. The fourth-order valence-corrected chi connectivity index (χ4v) is 2.15. The molecule has 4 heteroatoms. The first-order valence-electron chi connectivity index (χ1n) is 5.80. The van der Waals surface area contributed by atoms with Crippen LogP contribution in [-0.4, -0.2) is 4.98 Å². The maximum atomic E-state index is 11.8. The molecule has 0 radical (unpaired) electrons. The standard InChI is InChI=1S/C15H10N2O2/c1-9-6-12(13(8-16)15(18)17-9)11-3-2-10-4-5-19-14(10)7-11/h2-7H,1H3,(H,17,18). The molecule has 0 spiro atoms. The van der Waals surface area contributed by atoms with Crippen LogP contribution in [0.1, 0.15) is 11.3 Å². The fraction of sp³-hybridized carbons (Fsp3) is 0.0667. The molecule has 1 aromatic carbocycles. The van der Waals surface area contributed by atoms with E-state index in [1.165, 1.54) is 0 Å². The Hall–Kier alpha value is -2.80. The highest BCUT2D eigenvalue weighted by molar-refractivity contribution is 5.84. The van der Waals surface area contributed by atoms with Gasteiger partial charge in [0.25, 0.3) is 5.56 Å². The van der Waals surface area contributed by atoms with Gasteiger partial charge in [-0.05, 0) is 30.7 Å². The quantitative estimate of drug-likeness (QED) is 0.721. The molecule has 0 amide bonds. The van der Waals surface area contributed by atoms with E-state index in [2.05, 4.69) is 4.98 Å². The number of nitrogens with zero attached hydrogens (tertiary/aromatic N) is 1. The Morgan fingerprint density at radius 3 is 2.89 bits per heavy atom. The molecule has 92 valence electrons. The summed E-state index contributed by atoms with van der Waals surface area (Å²) in [5.41, 5.74) is 2.64. The second-order valence-corrected chi connectivity index (χ2v) is 4.36. The van der Waals surface area contributed by atoms with Crippen LogP contribution in [0.3, 0.4) is 0 Å². The van der Waals surface area contributed by atoms with E-state index in [4.69, 9.17) is 9.68 Å². The van der Waals surface area contributed by atoms with Gasteiger partial charge < -0.3 is 9.40 Å². The number of aryl methyl sites for hydroxylation is 1. The number of pyridine rings is 1. The molecular weight excluding hydrogens is 240 g/mol. The number of aromatic nitrogens is 1. The van der Waals surface area contributed by atoms with E-state index in [1.807, 2.05) is 30.3 Å². The van der Waals surface area contributed by atoms with Crippen LogP contribution in [0.4, 0.5) is 0 Å². The summed E-state index contributed by atoms with van der Waals surface area (Å²) < 4.78 is 5.35. The summed E-state index contributed by atoms with van der Waals surface area (Å²) in [6, 6.07) is 11.2. The number of rotatable bonds is 1. The molecule has 0 aliphatic rings. The van der Waals surface area contributed by atoms with E-state index in [1.54, 1.807) is 19.3 Å². The summed E-state index contributed by atoms with van der Waals surface area (Å²) in [6.45, 7) is 1.79. The van der Waals surface area contributed by atoms with Crippen molar-refractivity contribution in [1.82, 2.24) is 4.98 Å². The first-order valence-corrected chi connectivity index (χ1v) is 5.80. The molecular formula is C15H10N2O2. The number of H-pyrrole nitrogens is 1. The Labute approximate surface area is 108 Å². The van der Waals surface area contributed by atoms with Crippen LogP contribution in [0.15, 0.2) is 45.8 Å². The minimum absolute atomic E-state index is 0.122. The van der Waals surface area contributed by atoms with Crippen molar-refractivity contribution >= 4 is 11.0 Å². The SMILES string of the molecule is Cc1cc(-c2ccc3ccoc3c2)c(C#N)c(=O)[nH]1. The molecule has 3 aromatic rings. The lowest BCUT2D eigenvalue weighted by Crippen LogP contribution is -2.12. The Bertz CT molecular complexity index is 866. The number of fused-ring (bicyclic) bond motifs is 1. The van der Waals surface area contributed by atoms with Crippen LogP contribution in [0, 0.1) is 18.3 Å². The third-order valence-electron chi connectivity index (χ3n) is 3.05. The van der Waals surface area contributed by atoms with Gasteiger partial charge in [0.05, 0.1) is 6.26 Å². The molecule has 3 rings (SSSR count). The highest BCUT2D eigenvalue weighted by Gasteiger charge is 2.11. The van der Waals surface area contributed by atoms with Gasteiger partial charge >= 0.3 is 0 Å². The average Bonchev–Trinajstić information content (AvgIpc) is 2.85. The number of aromatic amines is 1. The largest absolute Gasteiger partial charge is 0.464 e. The van der Waals surface area contributed by atoms with E-state index in [0.29, 0.717) is 5.56 Å². The Morgan fingerprint density at radius 1 is 1.26 bits per heavy atom. The van der Waals surface area contributed by atoms with Crippen LogP contribution in [0.25, 0.3) is 22.1 Å². The highest BCUT2D eigenvalue weighted by Crippen LogP contribution is 2.26. The van der Waals surface area contributed by atoms with Crippen molar-refractivity contribution in [1.29, 1.82) is 5.26 Å². The molecule has 0 fully saturated rings. The third-order valence-corrected chi connectivity index (χ3v) is 3.05. The lowest BCUT2D eigenvalue weighted by molar-refractivity contribution is 0.616. The van der Waals surface area contributed by atoms with E-state index in [0.717, 1.165) is 22.2 Å². The van der Waals surface area contributed by atoms with E-state index in [-0.39, 0.29) is 11.1 Å². The maximum Gasteiger partial charge on any atom is 0.266 e. The molecule has 0 bridgehead atoms. The van der Waals surface area contributed by atoms with Crippen molar-refractivity contribution in [3.8, 4) is 17.2 Å². The van der Waals surface area contributed by atoms with E-state index < -0.39 is 0 Å². The molecule has 2 heterocycles. The monoisotopic (exact) mass is 250 g/mol. The summed E-state index contributed by atoms with van der Waals surface area (Å²) in [6.07, 6.45) is 1.61. The van der Waals surface area contributed by atoms with Crippen LogP contribution >= 0.6 is 0 Å². The van der Waals surface area contributed by atoms with Gasteiger partial charge in [-0.3, -0.25) is 4.79 Å². The van der Waals surface area contributed by atoms with Crippen molar-refractivity contribution in [3.05, 3.63) is 58.2 Å². The van der Waals surface area contributed by atoms with E-state index >= 15 is 0 Å². The van der Waals surface area contributed by atoms with Crippen LogP contribution in [0.5, 0.6) is 0 Å². The minimum Gasteiger partial charge on any atom is -0.464 e. The first kappa shape index (κ1) is 11.3. The van der Waals surface area contributed by atoms with Gasteiger partial charge in [-0.15, -0.1) is 0 Å². The molecule has 0 saturated carbocycles. The van der Waals surface area contributed by atoms with Crippen molar-refractivity contribution in [2.75, 3.05) is 0 Å². The molecule has 1 N–H and O–H groups in total. The molecule has 0 atom stereocenters. The molecule has 0 saturated heterocycles. The Balaban J connectivity index is 2.32. The summed E-state index contributed by atoms with van der Waals surface area (Å²) in [7, 11) is 0. The number of hydrogen-bond acceptors (Lipinski definition) is 3. The van der Waals surface area contributed by atoms with Gasteiger partial charge in [0.15, 0.2) is 0 Å². The second kappa shape index (κ2) is 4.14.